The van der Waals surface area contributed by atoms with Crippen LogP contribution in [-0.2, 0) is 25.9 Å². The Labute approximate surface area is 129 Å². The maximum atomic E-state index is 6.06. The first-order chi connectivity index (χ1) is 10.1. The number of aryl methyl sites for hydroxylation is 5. The van der Waals surface area contributed by atoms with Gasteiger partial charge in [0.05, 0.1) is 11.6 Å². The Morgan fingerprint density at radius 2 is 2.05 bits per heavy atom. The van der Waals surface area contributed by atoms with Crippen molar-refractivity contribution in [2.24, 2.45) is 7.05 Å². The highest BCUT2D eigenvalue weighted by molar-refractivity contribution is 6.16. The number of benzene rings is 1. The van der Waals surface area contributed by atoms with Crippen LogP contribution in [0.1, 0.15) is 22.6 Å². The van der Waals surface area contributed by atoms with Gasteiger partial charge in [-0.3, -0.25) is 4.68 Å². The molecule has 0 bridgehead atoms. The third-order valence-corrected chi connectivity index (χ3v) is 4.03. The molecule has 5 heteroatoms. The average Bonchev–Trinajstić information content (AvgIpc) is 2.95. The lowest BCUT2D eigenvalue weighted by atomic mass is 10.1. The topological polar surface area (TPSA) is 35.6 Å². The van der Waals surface area contributed by atoms with Gasteiger partial charge in [0.15, 0.2) is 5.65 Å². The largest absolute Gasteiger partial charge is 0.312 e. The summed E-state index contributed by atoms with van der Waals surface area (Å²) in [4.78, 5) is 4.63. The number of rotatable bonds is 4. The van der Waals surface area contributed by atoms with Gasteiger partial charge in [-0.1, -0.05) is 29.8 Å². The summed E-state index contributed by atoms with van der Waals surface area (Å²) >= 11 is 6.06. The molecule has 0 aliphatic carbocycles. The summed E-state index contributed by atoms with van der Waals surface area (Å²) < 4.78 is 4.08. The lowest BCUT2D eigenvalue weighted by Crippen LogP contribution is -2.08. The highest BCUT2D eigenvalue weighted by Gasteiger charge is 2.16. The molecule has 0 radical (unpaired) electrons. The van der Waals surface area contributed by atoms with Crippen molar-refractivity contribution in [2.45, 2.75) is 32.7 Å². The third-order valence-electron chi connectivity index (χ3n) is 3.80. The Kier molecular flexibility index (Phi) is 3.72. The minimum absolute atomic E-state index is 0.419. The van der Waals surface area contributed by atoms with Crippen LogP contribution >= 0.6 is 11.6 Å². The van der Waals surface area contributed by atoms with Crippen LogP contribution in [0, 0.1) is 13.8 Å². The second-order valence-corrected chi connectivity index (χ2v) is 5.70. The van der Waals surface area contributed by atoms with Crippen molar-refractivity contribution in [1.29, 1.82) is 0 Å². The average molecular weight is 303 g/mol. The van der Waals surface area contributed by atoms with Crippen LogP contribution in [0.15, 0.2) is 24.3 Å². The Morgan fingerprint density at radius 1 is 1.24 bits per heavy atom. The summed E-state index contributed by atoms with van der Waals surface area (Å²) in [5.41, 5.74) is 5.58. The first-order valence-corrected chi connectivity index (χ1v) is 7.64. The number of hydrogen-bond donors (Lipinski definition) is 0. The molecular formula is C16H19ClN4. The summed E-state index contributed by atoms with van der Waals surface area (Å²) in [5.74, 6) is 1.33. The van der Waals surface area contributed by atoms with Crippen molar-refractivity contribution in [2.75, 3.05) is 0 Å². The summed E-state index contributed by atoms with van der Waals surface area (Å²) in [7, 11) is 1.96. The Hall–Kier alpha value is -1.81. The molecule has 0 amide bonds. The molecular weight excluding hydrogens is 284 g/mol. The molecule has 21 heavy (non-hydrogen) atoms. The normalized spacial score (nSPS) is 11.4. The van der Waals surface area contributed by atoms with Crippen LogP contribution in [0.3, 0.4) is 0 Å². The fraction of sp³-hybridized carbons (Fsp3) is 0.375. The van der Waals surface area contributed by atoms with Crippen LogP contribution in [0.4, 0.5) is 0 Å². The molecule has 110 valence electrons. The van der Waals surface area contributed by atoms with E-state index in [1.54, 1.807) is 0 Å². The number of nitrogens with zero attached hydrogens (tertiary/aromatic N) is 4. The first-order valence-electron chi connectivity index (χ1n) is 7.10. The quantitative estimate of drug-likeness (QED) is 0.693. The van der Waals surface area contributed by atoms with Gasteiger partial charge in [-0.25, -0.2) is 4.98 Å². The molecule has 3 aromatic rings. The molecule has 0 spiro atoms. The third kappa shape index (κ3) is 2.56. The molecule has 2 aromatic heterocycles. The molecule has 0 aliphatic rings. The molecule has 0 aliphatic heterocycles. The highest BCUT2D eigenvalue weighted by Crippen LogP contribution is 2.20. The molecule has 2 heterocycles. The first kappa shape index (κ1) is 14.1. The van der Waals surface area contributed by atoms with Gasteiger partial charge in [-0.15, -0.1) is 11.6 Å². The standard InChI is InChI=1S/C16H19ClN4/c1-11-5-4-6-13(9-11)7-8-21-14(10-17)18-15-12(2)19-20(3)16(15)21/h4-6,9H,7-8,10H2,1-3H3. The van der Waals surface area contributed by atoms with Crippen molar-refractivity contribution in [3.63, 3.8) is 0 Å². The van der Waals surface area contributed by atoms with E-state index in [2.05, 4.69) is 45.8 Å². The summed E-state index contributed by atoms with van der Waals surface area (Å²) in [6.07, 6.45) is 0.960. The van der Waals surface area contributed by atoms with Crippen LogP contribution in [0.25, 0.3) is 11.2 Å². The molecule has 0 saturated carbocycles. The van der Waals surface area contributed by atoms with Gasteiger partial charge >= 0.3 is 0 Å². The van der Waals surface area contributed by atoms with Crippen LogP contribution in [-0.4, -0.2) is 19.3 Å². The van der Waals surface area contributed by atoms with E-state index in [4.69, 9.17) is 11.6 Å². The van der Waals surface area contributed by atoms with Crippen LogP contribution < -0.4 is 0 Å². The van der Waals surface area contributed by atoms with Gasteiger partial charge in [0.2, 0.25) is 0 Å². The summed E-state index contributed by atoms with van der Waals surface area (Å²) in [5, 5.41) is 4.45. The predicted molar refractivity (Wildman–Crippen MR) is 85.7 cm³/mol. The smallest absolute Gasteiger partial charge is 0.158 e. The van der Waals surface area contributed by atoms with Gasteiger partial charge in [0, 0.05) is 13.6 Å². The van der Waals surface area contributed by atoms with Crippen LogP contribution in [0.5, 0.6) is 0 Å². The molecule has 0 atom stereocenters. The van der Waals surface area contributed by atoms with Crippen molar-refractivity contribution >= 4 is 22.8 Å². The van der Waals surface area contributed by atoms with Crippen molar-refractivity contribution < 1.29 is 0 Å². The molecule has 0 saturated heterocycles. The zero-order chi connectivity index (χ0) is 15.0. The minimum Gasteiger partial charge on any atom is -0.312 e. The SMILES string of the molecule is Cc1cccc(CCn2c(CCl)nc3c(C)nn(C)c32)c1. The molecule has 0 N–H and O–H groups in total. The monoisotopic (exact) mass is 302 g/mol. The number of aromatic nitrogens is 4. The molecule has 3 rings (SSSR count). The number of hydrogen-bond acceptors (Lipinski definition) is 2. The second-order valence-electron chi connectivity index (χ2n) is 5.43. The molecule has 4 nitrogen and oxygen atoms in total. The van der Waals surface area contributed by atoms with E-state index in [1.165, 1.54) is 11.1 Å². The van der Waals surface area contributed by atoms with E-state index in [9.17, 15) is 0 Å². The van der Waals surface area contributed by atoms with Crippen molar-refractivity contribution in [3.8, 4) is 0 Å². The lowest BCUT2D eigenvalue weighted by molar-refractivity contribution is 0.651. The van der Waals surface area contributed by atoms with Crippen LogP contribution in [0.2, 0.25) is 0 Å². The van der Waals surface area contributed by atoms with Gasteiger partial charge in [0.1, 0.15) is 11.3 Å². The Bertz CT molecular complexity index is 785. The van der Waals surface area contributed by atoms with E-state index >= 15 is 0 Å². The van der Waals surface area contributed by atoms with Crippen molar-refractivity contribution in [1.82, 2.24) is 19.3 Å². The number of imidazole rings is 1. The zero-order valence-corrected chi connectivity index (χ0v) is 13.4. The summed E-state index contributed by atoms with van der Waals surface area (Å²) in [6.45, 7) is 4.97. The Balaban J connectivity index is 1.96. The molecule has 0 unspecified atom stereocenters. The highest BCUT2D eigenvalue weighted by atomic mass is 35.5. The zero-order valence-electron chi connectivity index (χ0n) is 12.6. The summed E-state index contributed by atoms with van der Waals surface area (Å²) in [6, 6.07) is 8.61. The van der Waals surface area contributed by atoms with E-state index in [1.807, 2.05) is 18.7 Å². The number of halogens is 1. The van der Waals surface area contributed by atoms with E-state index < -0.39 is 0 Å². The fourth-order valence-electron chi connectivity index (χ4n) is 2.83. The predicted octanol–water partition coefficient (Wildman–Crippen LogP) is 3.37. The maximum Gasteiger partial charge on any atom is 0.158 e. The van der Waals surface area contributed by atoms with Gasteiger partial charge in [-0.2, -0.15) is 5.10 Å². The number of fused-ring (bicyclic) bond motifs is 1. The van der Waals surface area contributed by atoms with Crippen molar-refractivity contribution in [3.05, 3.63) is 46.9 Å². The maximum absolute atomic E-state index is 6.06. The fourth-order valence-corrected chi connectivity index (χ4v) is 3.03. The lowest BCUT2D eigenvalue weighted by Gasteiger charge is -2.09. The van der Waals surface area contributed by atoms with E-state index in [0.29, 0.717) is 5.88 Å². The van der Waals surface area contributed by atoms with E-state index in [-0.39, 0.29) is 0 Å². The van der Waals surface area contributed by atoms with E-state index in [0.717, 1.165) is 35.6 Å². The van der Waals surface area contributed by atoms with Gasteiger partial charge in [0.25, 0.3) is 0 Å². The minimum atomic E-state index is 0.419. The van der Waals surface area contributed by atoms with Gasteiger partial charge < -0.3 is 4.57 Å². The molecule has 1 aromatic carbocycles. The molecule has 0 fully saturated rings. The second kappa shape index (κ2) is 5.53. The van der Waals surface area contributed by atoms with Gasteiger partial charge in [-0.05, 0) is 25.8 Å². The Morgan fingerprint density at radius 3 is 2.76 bits per heavy atom. The number of alkyl halides is 1.